The van der Waals surface area contributed by atoms with Gasteiger partial charge in [-0.3, -0.25) is 19.6 Å². The maximum absolute atomic E-state index is 12.6. The van der Waals surface area contributed by atoms with Gasteiger partial charge in [0.25, 0.3) is 11.8 Å². The van der Waals surface area contributed by atoms with Crippen LogP contribution in [0.1, 0.15) is 26.4 Å². The molecule has 3 rings (SSSR count). The van der Waals surface area contributed by atoms with Crippen LogP contribution in [0.25, 0.3) is 0 Å². The van der Waals surface area contributed by atoms with Crippen molar-refractivity contribution in [2.45, 2.75) is 6.54 Å². The molecule has 0 aliphatic carbocycles. The molecule has 142 valence electrons. The van der Waals surface area contributed by atoms with Gasteiger partial charge >= 0.3 is 0 Å². The second-order valence-electron chi connectivity index (χ2n) is 5.76. The number of hydrogen-bond acceptors (Lipinski definition) is 5. The molecule has 2 N–H and O–H groups in total. The van der Waals surface area contributed by atoms with Gasteiger partial charge in [-0.05, 0) is 36.4 Å². The van der Waals surface area contributed by atoms with Gasteiger partial charge in [-0.15, -0.1) is 0 Å². The molecule has 0 fully saturated rings. The van der Waals surface area contributed by atoms with Crippen LogP contribution in [0.15, 0.2) is 61.1 Å². The molecule has 0 saturated heterocycles. The minimum absolute atomic E-state index is 0.229. The summed E-state index contributed by atoms with van der Waals surface area (Å²) in [6.45, 7) is 0.274. The van der Waals surface area contributed by atoms with Crippen LogP contribution in [0.3, 0.4) is 0 Å². The molecule has 0 unspecified atom stereocenters. The number of aromatic nitrogens is 2. The smallest absolute Gasteiger partial charge is 0.257 e. The summed E-state index contributed by atoms with van der Waals surface area (Å²) in [5.41, 5.74) is 1.64. The third-order valence-electron chi connectivity index (χ3n) is 3.83. The number of nitrogens with one attached hydrogen (secondary N) is 2. The Bertz CT molecular complexity index is 996. The molecule has 0 spiro atoms. The van der Waals surface area contributed by atoms with Crippen LogP contribution in [0.4, 0.5) is 5.69 Å². The van der Waals surface area contributed by atoms with Gasteiger partial charge < -0.3 is 15.4 Å². The molecule has 0 saturated carbocycles. The zero-order valence-corrected chi connectivity index (χ0v) is 15.7. The van der Waals surface area contributed by atoms with Crippen molar-refractivity contribution in [1.82, 2.24) is 15.3 Å². The lowest BCUT2D eigenvalue weighted by atomic mass is 10.1. The van der Waals surface area contributed by atoms with E-state index in [2.05, 4.69) is 20.6 Å². The molecule has 0 atom stereocenters. The quantitative estimate of drug-likeness (QED) is 0.666. The van der Waals surface area contributed by atoms with Crippen LogP contribution in [0.2, 0.25) is 5.02 Å². The number of pyridine rings is 2. The van der Waals surface area contributed by atoms with Gasteiger partial charge in [0.1, 0.15) is 5.75 Å². The predicted octanol–water partition coefficient (Wildman–Crippen LogP) is 3.32. The summed E-state index contributed by atoms with van der Waals surface area (Å²) in [6, 6.07) is 11.8. The van der Waals surface area contributed by atoms with Crippen LogP contribution >= 0.6 is 11.6 Å². The molecule has 1 aromatic carbocycles. The van der Waals surface area contributed by atoms with E-state index in [1.54, 1.807) is 36.5 Å². The van der Waals surface area contributed by atoms with Crippen molar-refractivity contribution in [2.24, 2.45) is 0 Å². The van der Waals surface area contributed by atoms with Crippen LogP contribution in [-0.4, -0.2) is 28.9 Å². The summed E-state index contributed by atoms with van der Waals surface area (Å²) in [5.74, 6) is -0.324. The van der Waals surface area contributed by atoms with E-state index >= 15 is 0 Å². The van der Waals surface area contributed by atoms with Crippen LogP contribution in [-0.2, 0) is 6.54 Å². The van der Waals surface area contributed by atoms with Crippen molar-refractivity contribution in [1.29, 1.82) is 0 Å². The zero-order valence-electron chi connectivity index (χ0n) is 15.0. The fraction of sp³-hybridized carbons (Fsp3) is 0.100. The first-order chi connectivity index (χ1) is 13.6. The highest BCUT2D eigenvalue weighted by atomic mass is 35.5. The molecule has 2 aromatic heterocycles. The first-order valence-corrected chi connectivity index (χ1v) is 8.72. The maximum atomic E-state index is 12.6. The van der Waals surface area contributed by atoms with Crippen molar-refractivity contribution >= 4 is 29.1 Å². The van der Waals surface area contributed by atoms with E-state index in [0.717, 1.165) is 5.69 Å². The molecule has 2 amide bonds. The Hall–Kier alpha value is -3.45. The van der Waals surface area contributed by atoms with E-state index < -0.39 is 5.91 Å². The van der Waals surface area contributed by atoms with E-state index in [1.165, 1.54) is 25.6 Å². The topological polar surface area (TPSA) is 93.2 Å². The second-order valence-corrected chi connectivity index (χ2v) is 6.20. The van der Waals surface area contributed by atoms with Gasteiger partial charge in [-0.2, -0.15) is 0 Å². The highest BCUT2D eigenvalue weighted by Gasteiger charge is 2.14. The number of benzene rings is 1. The summed E-state index contributed by atoms with van der Waals surface area (Å²) in [5, 5.41) is 5.91. The third kappa shape index (κ3) is 4.83. The van der Waals surface area contributed by atoms with Crippen molar-refractivity contribution in [3.05, 3.63) is 82.9 Å². The number of rotatable bonds is 6. The molecule has 3 aromatic rings. The highest BCUT2D eigenvalue weighted by molar-refractivity contribution is 6.31. The Morgan fingerprint density at radius 2 is 1.86 bits per heavy atom. The second kappa shape index (κ2) is 8.96. The van der Waals surface area contributed by atoms with Gasteiger partial charge in [0, 0.05) is 23.6 Å². The number of halogens is 1. The molecule has 0 aliphatic rings. The van der Waals surface area contributed by atoms with Crippen molar-refractivity contribution in [3.63, 3.8) is 0 Å². The lowest BCUT2D eigenvalue weighted by Crippen LogP contribution is -2.24. The summed E-state index contributed by atoms with van der Waals surface area (Å²) >= 11 is 5.98. The molecular formula is C20H17ClN4O3. The maximum Gasteiger partial charge on any atom is 0.257 e. The Kier molecular flexibility index (Phi) is 6.18. The summed E-state index contributed by atoms with van der Waals surface area (Å²) in [7, 11) is 1.49. The standard InChI is InChI=1S/C20H17ClN4O3/c1-28-18-6-5-15(21)9-17(18)25-20(27)14-8-13(10-22-11-14)19(26)24-12-16-4-2-3-7-23-16/h2-11H,12H2,1H3,(H,24,26)(H,25,27). The van der Waals surface area contributed by atoms with E-state index in [0.29, 0.717) is 16.5 Å². The number of ether oxygens (including phenoxy) is 1. The van der Waals surface area contributed by atoms with Crippen LogP contribution in [0, 0.1) is 0 Å². The first-order valence-electron chi connectivity index (χ1n) is 8.35. The predicted molar refractivity (Wildman–Crippen MR) is 106 cm³/mol. The number of nitrogens with zero attached hydrogens (tertiary/aromatic N) is 2. The van der Waals surface area contributed by atoms with E-state index in [9.17, 15) is 9.59 Å². The van der Waals surface area contributed by atoms with Gasteiger partial charge in [0.2, 0.25) is 0 Å². The minimum atomic E-state index is -0.438. The van der Waals surface area contributed by atoms with Crippen molar-refractivity contribution < 1.29 is 14.3 Å². The Labute approximate surface area is 166 Å². The fourth-order valence-electron chi connectivity index (χ4n) is 2.44. The van der Waals surface area contributed by atoms with Gasteiger partial charge in [-0.25, -0.2) is 0 Å². The zero-order chi connectivity index (χ0) is 19.9. The fourth-order valence-corrected chi connectivity index (χ4v) is 2.61. The SMILES string of the molecule is COc1ccc(Cl)cc1NC(=O)c1cncc(C(=O)NCc2ccccn2)c1. The Morgan fingerprint density at radius 1 is 1.07 bits per heavy atom. The number of amides is 2. The van der Waals surface area contributed by atoms with Gasteiger partial charge in [-0.1, -0.05) is 17.7 Å². The average Bonchev–Trinajstić information content (AvgIpc) is 2.73. The van der Waals surface area contributed by atoms with Crippen LogP contribution < -0.4 is 15.4 Å². The van der Waals surface area contributed by atoms with E-state index in [-0.39, 0.29) is 23.6 Å². The Balaban J connectivity index is 1.71. The molecule has 28 heavy (non-hydrogen) atoms. The summed E-state index contributed by atoms with van der Waals surface area (Å²) < 4.78 is 5.21. The van der Waals surface area contributed by atoms with E-state index in [1.807, 2.05) is 6.07 Å². The number of hydrogen-bond donors (Lipinski definition) is 2. The lowest BCUT2D eigenvalue weighted by Gasteiger charge is -2.11. The molecular weight excluding hydrogens is 380 g/mol. The largest absolute Gasteiger partial charge is 0.495 e. The normalized spacial score (nSPS) is 10.2. The molecule has 8 heteroatoms. The van der Waals surface area contributed by atoms with Gasteiger partial charge in [0.05, 0.1) is 36.2 Å². The Morgan fingerprint density at radius 3 is 2.57 bits per heavy atom. The minimum Gasteiger partial charge on any atom is -0.495 e. The number of carbonyl (C=O) groups excluding carboxylic acids is 2. The molecule has 7 nitrogen and oxygen atoms in total. The van der Waals surface area contributed by atoms with Crippen molar-refractivity contribution in [2.75, 3.05) is 12.4 Å². The van der Waals surface area contributed by atoms with E-state index in [4.69, 9.17) is 16.3 Å². The summed E-state index contributed by atoms with van der Waals surface area (Å²) in [6.07, 6.45) is 4.42. The highest BCUT2D eigenvalue weighted by Crippen LogP contribution is 2.28. The number of carbonyl (C=O) groups is 2. The summed E-state index contributed by atoms with van der Waals surface area (Å²) in [4.78, 5) is 33.0. The first kappa shape index (κ1) is 19.3. The number of methoxy groups -OCH3 is 1. The van der Waals surface area contributed by atoms with Crippen molar-refractivity contribution in [3.8, 4) is 5.75 Å². The molecule has 0 aliphatic heterocycles. The van der Waals surface area contributed by atoms with Crippen LogP contribution in [0.5, 0.6) is 5.75 Å². The molecule has 0 bridgehead atoms. The van der Waals surface area contributed by atoms with Gasteiger partial charge in [0.15, 0.2) is 0 Å². The monoisotopic (exact) mass is 396 g/mol. The number of anilines is 1. The molecule has 0 radical (unpaired) electrons. The average molecular weight is 397 g/mol. The third-order valence-corrected chi connectivity index (χ3v) is 4.06. The lowest BCUT2D eigenvalue weighted by molar-refractivity contribution is 0.0950. The molecule has 2 heterocycles.